The van der Waals surface area contributed by atoms with Crippen LogP contribution in [0.1, 0.15) is 19.1 Å². The highest BCUT2D eigenvalue weighted by Crippen LogP contribution is 2.50. The molecule has 2 atom stereocenters. The first-order valence-corrected chi connectivity index (χ1v) is 4.98. The van der Waals surface area contributed by atoms with E-state index >= 15 is 0 Å². The van der Waals surface area contributed by atoms with Crippen molar-refractivity contribution in [3.63, 3.8) is 0 Å². The standard InChI is InChI=1S/C12H13NO/c1-8-7-12(8,13)11-6-9-4-2-3-5-10(9)14-11/h2-6,8H,7,13H2,1H3. The van der Waals surface area contributed by atoms with E-state index in [0.29, 0.717) is 5.92 Å². The molecule has 1 aromatic heterocycles. The third kappa shape index (κ3) is 0.946. The Morgan fingerprint density at radius 2 is 2.14 bits per heavy atom. The molecule has 2 aromatic rings. The second-order valence-electron chi connectivity index (χ2n) is 4.29. The third-order valence-electron chi connectivity index (χ3n) is 3.25. The van der Waals surface area contributed by atoms with E-state index < -0.39 is 0 Å². The maximum Gasteiger partial charge on any atom is 0.134 e. The third-order valence-corrected chi connectivity index (χ3v) is 3.25. The molecule has 72 valence electrons. The van der Waals surface area contributed by atoms with Gasteiger partial charge in [0.05, 0.1) is 5.54 Å². The van der Waals surface area contributed by atoms with Crippen molar-refractivity contribution in [1.82, 2.24) is 0 Å². The fourth-order valence-electron chi connectivity index (χ4n) is 2.00. The second kappa shape index (κ2) is 2.39. The van der Waals surface area contributed by atoms with Gasteiger partial charge in [0.25, 0.3) is 0 Å². The van der Waals surface area contributed by atoms with Gasteiger partial charge in [-0.3, -0.25) is 0 Å². The van der Waals surface area contributed by atoms with Crippen LogP contribution in [0.15, 0.2) is 34.7 Å². The van der Waals surface area contributed by atoms with E-state index in [2.05, 4.69) is 19.1 Å². The van der Waals surface area contributed by atoms with E-state index in [1.807, 2.05) is 18.2 Å². The van der Waals surface area contributed by atoms with Crippen LogP contribution in [0.4, 0.5) is 0 Å². The molecule has 1 heterocycles. The summed E-state index contributed by atoms with van der Waals surface area (Å²) in [6.45, 7) is 2.16. The Balaban J connectivity index is 2.16. The van der Waals surface area contributed by atoms with Gasteiger partial charge in [0.2, 0.25) is 0 Å². The van der Waals surface area contributed by atoms with E-state index in [4.69, 9.17) is 10.2 Å². The van der Waals surface area contributed by atoms with Gasteiger partial charge in [-0.2, -0.15) is 0 Å². The van der Waals surface area contributed by atoms with Crippen LogP contribution in [-0.4, -0.2) is 0 Å². The predicted octanol–water partition coefficient (Wildman–Crippen LogP) is 2.63. The van der Waals surface area contributed by atoms with Gasteiger partial charge in [0, 0.05) is 5.39 Å². The molecule has 1 aliphatic rings. The van der Waals surface area contributed by atoms with Crippen LogP contribution in [0, 0.1) is 5.92 Å². The highest BCUT2D eigenvalue weighted by Gasteiger charge is 2.51. The Labute approximate surface area is 82.7 Å². The van der Waals surface area contributed by atoms with Gasteiger partial charge in [-0.05, 0) is 24.5 Å². The summed E-state index contributed by atoms with van der Waals surface area (Å²) >= 11 is 0. The number of fused-ring (bicyclic) bond motifs is 1. The highest BCUT2D eigenvalue weighted by atomic mass is 16.3. The smallest absolute Gasteiger partial charge is 0.134 e. The molecular formula is C12H13NO. The Bertz CT molecular complexity index is 455. The Morgan fingerprint density at radius 3 is 2.79 bits per heavy atom. The van der Waals surface area contributed by atoms with E-state index in [9.17, 15) is 0 Å². The van der Waals surface area contributed by atoms with Crippen molar-refractivity contribution < 1.29 is 4.42 Å². The highest BCUT2D eigenvalue weighted by molar-refractivity contribution is 5.78. The minimum absolute atomic E-state index is 0.195. The first kappa shape index (κ1) is 8.06. The molecule has 0 bridgehead atoms. The van der Waals surface area contributed by atoms with Gasteiger partial charge in [0.15, 0.2) is 0 Å². The van der Waals surface area contributed by atoms with Crippen LogP contribution in [0.5, 0.6) is 0 Å². The van der Waals surface area contributed by atoms with Gasteiger partial charge in [-0.15, -0.1) is 0 Å². The molecule has 0 saturated heterocycles. The lowest BCUT2D eigenvalue weighted by atomic mass is 10.1. The van der Waals surface area contributed by atoms with Crippen LogP contribution in [-0.2, 0) is 5.54 Å². The van der Waals surface area contributed by atoms with Crippen LogP contribution in [0.2, 0.25) is 0 Å². The quantitative estimate of drug-likeness (QED) is 0.745. The molecule has 14 heavy (non-hydrogen) atoms. The number of benzene rings is 1. The van der Waals surface area contributed by atoms with E-state index in [1.165, 1.54) is 0 Å². The fourth-order valence-corrected chi connectivity index (χ4v) is 2.00. The molecular weight excluding hydrogens is 174 g/mol. The zero-order chi connectivity index (χ0) is 9.76. The molecule has 1 fully saturated rings. The van der Waals surface area contributed by atoms with Crippen LogP contribution < -0.4 is 5.73 Å². The zero-order valence-electron chi connectivity index (χ0n) is 8.16. The lowest BCUT2D eigenvalue weighted by Crippen LogP contribution is -2.20. The largest absolute Gasteiger partial charge is 0.459 e. The summed E-state index contributed by atoms with van der Waals surface area (Å²) in [7, 11) is 0. The maximum atomic E-state index is 6.18. The van der Waals surface area contributed by atoms with Crippen LogP contribution in [0.3, 0.4) is 0 Å². The van der Waals surface area contributed by atoms with Crippen molar-refractivity contribution >= 4 is 11.0 Å². The first-order chi connectivity index (χ1) is 6.70. The molecule has 1 aromatic carbocycles. The maximum absolute atomic E-state index is 6.18. The molecule has 0 amide bonds. The normalized spacial score (nSPS) is 30.9. The number of hydrogen-bond acceptors (Lipinski definition) is 2. The Morgan fingerprint density at radius 1 is 1.43 bits per heavy atom. The SMILES string of the molecule is CC1CC1(N)c1cc2ccccc2o1. The van der Waals surface area contributed by atoms with Crippen molar-refractivity contribution in [2.45, 2.75) is 18.9 Å². The number of hydrogen-bond donors (Lipinski definition) is 1. The van der Waals surface area contributed by atoms with Crippen LogP contribution in [0.25, 0.3) is 11.0 Å². The van der Waals surface area contributed by atoms with Gasteiger partial charge >= 0.3 is 0 Å². The van der Waals surface area contributed by atoms with E-state index in [1.54, 1.807) is 0 Å². The summed E-state index contributed by atoms with van der Waals surface area (Å²) < 4.78 is 5.74. The summed E-state index contributed by atoms with van der Waals surface area (Å²) in [5.74, 6) is 1.48. The molecule has 0 aliphatic heterocycles. The average molecular weight is 187 g/mol. The van der Waals surface area contributed by atoms with Gasteiger partial charge in [-0.1, -0.05) is 25.1 Å². The number of furan rings is 1. The number of nitrogens with two attached hydrogens (primary N) is 1. The monoisotopic (exact) mass is 187 g/mol. The molecule has 2 heteroatoms. The van der Waals surface area contributed by atoms with Crippen molar-refractivity contribution in [2.75, 3.05) is 0 Å². The number of para-hydroxylation sites is 1. The van der Waals surface area contributed by atoms with Crippen LogP contribution >= 0.6 is 0 Å². The van der Waals surface area contributed by atoms with Crippen molar-refractivity contribution in [3.8, 4) is 0 Å². The van der Waals surface area contributed by atoms with Crippen molar-refractivity contribution in [1.29, 1.82) is 0 Å². The topological polar surface area (TPSA) is 39.2 Å². The summed E-state index contributed by atoms with van der Waals surface area (Å²) in [6, 6.07) is 10.1. The molecule has 1 saturated carbocycles. The summed E-state index contributed by atoms with van der Waals surface area (Å²) in [5.41, 5.74) is 6.92. The van der Waals surface area contributed by atoms with E-state index in [-0.39, 0.29) is 5.54 Å². The number of rotatable bonds is 1. The Hall–Kier alpha value is -1.28. The molecule has 0 spiro atoms. The predicted molar refractivity (Wildman–Crippen MR) is 55.9 cm³/mol. The van der Waals surface area contributed by atoms with Gasteiger partial charge in [0.1, 0.15) is 11.3 Å². The lowest BCUT2D eigenvalue weighted by molar-refractivity contribution is 0.468. The molecule has 0 radical (unpaired) electrons. The second-order valence-corrected chi connectivity index (χ2v) is 4.29. The molecule has 2 nitrogen and oxygen atoms in total. The summed E-state index contributed by atoms with van der Waals surface area (Å²) in [5, 5.41) is 1.14. The lowest BCUT2D eigenvalue weighted by Gasteiger charge is -2.04. The zero-order valence-corrected chi connectivity index (χ0v) is 8.16. The minimum atomic E-state index is -0.195. The van der Waals surface area contributed by atoms with Gasteiger partial charge < -0.3 is 10.2 Å². The molecule has 3 rings (SSSR count). The van der Waals surface area contributed by atoms with Crippen molar-refractivity contribution in [2.24, 2.45) is 11.7 Å². The summed E-state index contributed by atoms with van der Waals surface area (Å²) in [4.78, 5) is 0. The molecule has 1 aliphatic carbocycles. The Kier molecular flexibility index (Phi) is 1.38. The van der Waals surface area contributed by atoms with Crippen molar-refractivity contribution in [3.05, 3.63) is 36.1 Å². The van der Waals surface area contributed by atoms with Gasteiger partial charge in [-0.25, -0.2) is 0 Å². The first-order valence-electron chi connectivity index (χ1n) is 4.98. The summed E-state index contributed by atoms with van der Waals surface area (Å²) in [6.07, 6.45) is 1.03. The fraction of sp³-hybridized carbons (Fsp3) is 0.333. The molecule has 2 N–H and O–H groups in total. The van der Waals surface area contributed by atoms with E-state index in [0.717, 1.165) is 23.2 Å². The minimum Gasteiger partial charge on any atom is -0.459 e. The average Bonchev–Trinajstić information content (AvgIpc) is 2.66. The molecule has 2 unspecified atom stereocenters.